The number of carbonyl (C=O) groups excluding carboxylic acids is 2. The zero-order chi connectivity index (χ0) is 17.5. The average Bonchev–Trinajstić information content (AvgIpc) is 2.51. The molecule has 23 heavy (non-hydrogen) atoms. The number of hydrogen-bond acceptors (Lipinski definition) is 4. The smallest absolute Gasteiger partial charge is 0.220 e. The molecule has 1 aromatic carbocycles. The summed E-state index contributed by atoms with van der Waals surface area (Å²) < 4.78 is 5.06. The van der Waals surface area contributed by atoms with Crippen LogP contribution in [0.5, 0.6) is 5.75 Å². The molecule has 0 saturated heterocycles. The molecule has 3 N–H and O–H groups in total. The highest BCUT2D eigenvalue weighted by molar-refractivity contribution is 5.98. The fraction of sp³-hybridized carbons (Fsp3) is 0.556. The van der Waals surface area contributed by atoms with Crippen molar-refractivity contribution >= 4 is 11.7 Å². The van der Waals surface area contributed by atoms with Gasteiger partial charge >= 0.3 is 0 Å². The summed E-state index contributed by atoms with van der Waals surface area (Å²) in [6.45, 7) is 6.50. The minimum Gasteiger partial charge on any atom is -0.497 e. The molecule has 0 aromatic heterocycles. The molecular formula is C18H28N2O3. The monoisotopic (exact) mass is 320 g/mol. The number of nitrogens with two attached hydrogens (primary N) is 1. The van der Waals surface area contributed by atoms with E-state index in [4.69, 9.17) is 10.5 Å². The Hall–Kier alpha value is -1.88. The predicted molar refractivity (Wildman–Crippen MR) is 91.6 cm³/mol. The molecule has 128 valence electrons. The summed E-state index contributed by atoms with van der Waals surface area (Å²) in [5, 5.41) is 2.96. The SMILES string of the molecule is COc1ccc(C(=O)CCC(=O)NC(C)(CN)CC(C)C)cc1. The van der Waals surface area contributed by atoms with E-state index in [2.05, 4.69) is 19.2 Å². The Balaban J connectivity index is 2.52. The van der Waals surface area contributed by atoms with E-state index in [0.29, 0.717) is 23.8 Å². The van der Waals surface area contributed by atoms with E-state index in [1.54, 1.807) is 31.4 Å². The number of rotatable bonds is 9. The number of hydrogen-bond donors (Lipinski definition) is 2. The van der Waals surface area contributed by atoms with E-state index in [1.165, 1.54) is 0 Å². The second kappa shape index (κ2) is 8.67. The standard InChI is InChI=1S/C18H28N2O3/c1-13(2)11-18(3,12-19)20-17(22)10-9-16(21)14-5-7-15(23-4)8-6-14/h5-8,13H,9-12,19H2,1-4H3,(H,20,22). The predicted octanol–water partition coefficient (Wildman–Crippen LogP) is 2.54. The Kier molecular flexibility index (Phi) is 7.23. The van der Waals surface area contributed by atoms with E-state index in [1.807, 2.05) is 6.92 Å². The fourth-order valence-corrected chi connectivity index (χ4v) is 2.63. The van der Waals surface area contributed by atoms with Gasteiger partial charge in [0.1, 0.15) is 5.75 Å². The van der Waals surface area contributed by atoms with Gasteiger partial charge in [-0.05, 0) is 43.5 Å². The van der Waals surface area contributed by atoms with Crippen LogP contribution in [0.15, 0.2) is 24.3 Å². The van der Waals surface area contributed by atoms with Crippen molar-refractivity contribution < 1.29 is 14.3 Å². The first-order valence-corrected chi connectivity index (χ1v) is 7.98. The van der Waals surface area contributed by atoms with Crippen molar-refractivity contribution in [3.63, 3.8) is 0 Å². The largest absolute Gasteiger partial charge is 0.497 e. The number of methoxy groups -OCH3 is 1. The van der Waals surface area contributed by atoms with Crippen molar-refractivity contribution in [2.75, 3.05) is 13.7 Å². The molecule has 1 unspecified atom stereocenters. The van der Waals surface area contributed by atoms with Gasteiger partial charge in [-0.25, -0.2) is 0 Å². The number of ketones is 1. The Bertz CT molecular complexity index is 526. The third-order valence-electron chi connectivity index (χ3n) is 3.74. The molecule has 0 bridgehead atoms. The summed E-state index contributed by atoms with van der Waals surface area (Å²) in [6.07, 6.45) is 1.15. The number of Topliss-reactive ketones (excluding diaryl/α,β-unsaturated/α-hetero) is 1. The molecule has 0 aliphatic heterocycles. The molecule has 0 aliphatic carbocycles. The molecule has 1 amide bonds. The Labute approximate surface area is 138 Å². The third kappa shape index (κ3) is 6.40. The first-order valence-electron chi connectivity index (χ1n) is 7.98. The number of carbonyl (C=O) groups is 2. The summed E-state index contributed by atoms with van der Waals surface area (Å²) in [6, 6.07) is 6.90. The third-order valence-corrected chi connectivity index (χ3v) is 3.74. The lowest BCUT2D eigenvalue weighted by Crippen LogP contribution is -2.52. The van der Waals surface area contributed by atoms with Gasteiger partial charge in [-0.1, -0.05) is 13.8 Å². The highest BCUT2D eigenvalue weighted by Crippen LogP contribution is 2.16. The molecule has 0 heterocycles. The van der Waals surface area contributed by atoms with Gasteiger partial charge in [0.15, 0.2) is 5.78 Å². The number of nitrogens with one attached hydrogen (secondary N) is 1. The summed E-state index contributed by atoms with van der Waals surface area (Å²) >= 11 is 0. The first-order chi connectivity index (χ1) is 10.8. The van der Waals surface area contributed by atoms with E-state index in [0.717, 1.165) is 6.42 Å². The lowest BCUT2D eigenvalue weighted by atomic mass is 9.90. The van der Waals surface area contributed by atoms with E-state index >= 15 is 0 Å². The molecular weight excluding hydrogens is 292 g/mol. The van der Waals surface area contributed by atoms with Crippen molar-refractivity contribution in [2.24, 2.45) is 11.7 Å². The maximum atomic E-state index is 12.1. The topological polar surface area (TPSA) is 81.4 Å². The zero-order valence-corrected chi connectivity index (χ0v) is 14.5. The van der Waals surface area contributed by atoms with Gasteiger partial charge in [0.25, 0.3) is 0 Å². The molecule has 0 saturated carbocycles. The van der Waals surface area contributed by atoms with Crippen LogP contribution in [0.25, 0.3) is 0 Å². The molecule has 1 atom stereocenters. The average molecular weight is 320 g/mol. The quantitative estimate of drug-likeness (QED) is 0.685. The minimum absolute atomic E-state index is 0.0545. The van der Waals surface area contributed by atoms with Gasteiger partial charge in [0.05, 0.1) is 7.11 Å². The normalized spacial score (nSPS) is 13.5. The molecule has 0 spiro atoms. The fourth-order valence-electron chi connectivity index (χ4n) is 2.63. The minimum atomic E-state index is -0.422. The van der Waals surface area contributed by atoms with Gasteiger partial charge in [-0.3, -0.25) is 9.59 Å². The van der Waals surface area contributed by atoms with Gasteiger partial charge < -0.3 is 15.8 Å². The molecule has 0 radical (unpaired) electrons. The van der Waals surface area contributed by atoms with Crippen LogP contribution in [0.3, 0.4) is 0 Å². The molecule has 0 fully saturated rings. The van der Waals surface area contributed by atoms with Gasteiger partial charge in [0.2, 0.25) is 5.91 Å². The summed E-state index contributed by atoms with van der Waals surface area (Å²) in [4.78, 5) is 24.2. The van der Waals surface area contributed by atoms with Crippen molar-refractivity contribution in [3.8, 4) is 5.75 Å². The number of ether oxygens (including phenoxy) is 1. The van der Waals surface area contributed by atoms with Crippen molar-refractivity contribution in [3.05, 3.63) is 29.8 Å². The van der Waals surface area contributed by atoms with Crippen LogP contribution in [-0.2, 0) is 4.79 Å². The number of benzene rings is 1. The summed E-state index contributed by atoms with van der Waals surface area (Å²) in [5.41, 5.74) is 5.95. The van der Waals surface area contributed by atoms with E-state index in [9.17, 15) is 9.59 Å². The van der Waals surface area contributed by atoms with Crippen LogP contribution < -0.4 is 15.8 Å². The first kappa shape index (κ1) is 19.2. The molecule has 5 nitrogen and oxygen atoms in total. The summed E-state index contributed by atoms with van der Waals surface area (Å²) in [5.74, 6) is 0.943. The molecule has 0 aliphatic rings. The van der Waals surface area contributed by atoms with Crippen molar-refractivity contribution in [1.82, 2.24) is 5.32 Å². The van der Waals surface area contributed by atoms with E-state index < -0.39 is 5.54 Å². The molecule has 1 aromatic rings. The van der Waals surface area contributed by atoms with Gasteiger partial charge in [-0.15, -0.1) is 0 Å². The Morgan fingerprint density at radius 3 is 2.30 bits per heavy atom. The van der Waals surface area contributed by atoms with Gasteiger partial charge in [-0.2, -0.15) is 0 Å². The van der Waals surface area contributed by atoms with Crippen LogP contribution in [0.4, 0.5) is 0 Å². The van der Waals surface area contributed by atoms with E-state index in [-0.39, 0.29) is 24.5 Å². The van der Waals surface area contributed by atoms with Crippen LogP contribution in [0, 0.1) is 5.92 Å². The van der Waals surface area contributed by atoms with Crippen LogP contribution in [0.1, 0.15) is 50.4 Å². The lowest BCUT2D eigenvalue weighted by Gasteiger charge is -2.31. The van der Waals surface area contributed by atoms with Crippen LogP contribution in [-0.4, -0.2) is 30.9 Å². The van der Waals surface area contributed by atoms with Crippen LogP contribution >= 0.6 is 0 Å². The Morgan fingerprint density at radius 2 is 1.83 bits per heavy atom. The second-order valence-electron chi connectivity index (χ2n) is 6.56. The highest BCUT2D eigenvalue weighted by Gasteiger charge is 2.25. The molecule has 5 heteroatoms. The maximum absolute atomic E-state index is 12.1. The zero-order valence-electron chi connectivity index (χ0n) is 14.5. The van der Waals surface area contributed by atoms with Crippen LogP contribution in [0.2, 0.25) is 0 Å². The lowest BCUT2D eigenvalue weighted by molar-refractivity contribution is -0.122. The van der Waals surface area contributed by atoms with Crippen molar-refractivity contribution in [2.45, 2.75) is 45.6 Å². The highest BCUT2D eigenvalue weighted by atomic mass is 16.5. The summed E-state index contributed by atoms with van der Waals surface area (Å²) in [7, 11) is 1.58. The maximum Gasteiger partial charge on any atom is 0.220 e. The second-order valence-corrected chi connectivity index (χ2v) is 6.56. The molecule has 1 rings (SSSR count). The van der Waals surface area contributed by atoms with Gasteiger partial charge in [0, 0.05) is 30.5 Å². The Morgan fingerprint density at radius 1 is 1.22 bits per heavy atom. The number of amides is 1. The van der Waals surface area contributed by atoms with Crippen molar-refractivity contribution in [1.29, 1.82) is 0 Å².